The molecule has 3 heterocycles. The first-order chi connectivity index (χ1) is 25.8. The summed E-state index contributed by atoms with van der Waals surface area (Å²) < 4.78 is 61.1. The lowest BCUT2D eigenvalue weighted by atomic mass is 9.81. The average molecular weight is 753 g/mol. The Balaban J connectivity index is 1.14. The van der Waals surface area contributed by atoms with Crippen LogP contribution in [0.15, 0.2) is 66.9 Å². The molecule has 6 N–H and O–H groups in total. The van der Waals surface area contributed by atoms with Gasteiger partial charge in [0.15, 0.2) is 5.82 Å². The number of ether oxygens (including phenoxy) is 1. The van der Waals surface area contributed by atoms with Gasteiger partial charge in [-0.25, -0.2) is 14.8 Å². The van der Waals surface area contributed by atoms with Crippen LogP contribution in [0.5, 0.6) is 0 Å². The molecule has 13 nitrogen and oxygen atoms in total. The highest BCUT2D eigenvalue weighted by molar-refractivity contribution is 5.97. The fourth-order valence-corrected chi connectivity index (χ4v) is 6.51. The fourth-order valence-electron chi connectivity index (χ4n) is 6.51. The monoisotopic (exact) mass is 752 g/mol. The highest BCUT2D eigenvalue weighted by Crippen LogP contribution is 2.42. The van der Waals surface area contributed by atoms with Crippen LogP contribution in [-0.2, 0) is 31.5 Å². The van der Waals surface area contributed by atoms with Crippen LogP contribution in [0, 0.1) is 11.8 Å². The molecule has 17 heteroatoms. The molecule has 0 spiro atoms. The third kappa shape index (κ3) is 8.52. The number of amides is 2. The summed E-state index contributed by atoms with van der Waals surface area (Å²) in [7, 11) is 0. The molecule has 1 aliphatic heterocycles. The zero-order chi connectivity index (χ0) is 38.5. The Kier molecular flexibility index (Phi) is 11.6. The van der Waals surface area contributed by atoms with Crippen LogP contribution in [-0.4, -0.2) is 87.9 Å². The Morgan fingerprint density at radius 2 is 1.57 bits per heavy atom. The van der Waals surface area contributed by atoms with E-state index in [4.69, 9.17) is 15.6 Å². The van der Waals surface area contributed by atoms with Gasteiger partial charge in [0.25, 0.3) is 0 Å². The van der Waals surface area contributed by atoms with Crippen LogP contribution < -0.4 is 21.3 Å². The highest BCUT2D eigenvalue weighted by Gasteiger charge is 2.66. The zero-order valence-corrected chi connectivity index (χ0v) is 29.1. The number of anilines is 2. The van der Waals surface area contributed by atoms with Crippen LogP contribution in [0.2, 0.25) is 0 Å². The van der Waals surface area contributed by atoms with Crippen molar-refractivity contribution in [3.63, 3.8) is 0 Å². The number of hydrogen-bond donors (Lipinski definition) is 5. The van der Waals surface area contributed by atoms with E-state index in [2.05, 4.69) is 35.7 Å². The van der Waals surface area contributed by atoms with Crippen molar-refractivity contribution in [1.82, 2.24) is 25.5 Å². The van der Waals surface area contributed by atoms with Gasteiger partial charge < -0.3 is 31.1 Å². The Hall–Kier alpha value is -5.42. The van der Waals surface area contributed by atoms with E-state index in [1.807, 2.05) is 42.6 Å². The van der Waals surface area contributed by atoms with E-state index >= 15 is 0 Å². The summed E-state index contributed by atoms with van der Waals surface area (Å²) in [5, 5.41) is 19.5. The molecule has 1 aliphatic carbocycles. The molecule has 286 valence electrons. The Morgan fingerprint density at radius 3 is 2.19 bits per heavy atom. The van der Waals surface area contributed by atoms with Gasteiger partial charge in [-0.3, -0.25) is 14.7 Å². The van der Waals surface area contributed by atoms with Crippen LogP contribution in [0.4, 0.5) is 29.1 Å². The molecule has 4 aromatic rings. The third-order valence-electron chi connectivity index (χ3n) is 9.85. The average Bonchev–Trinajstić information content (AvgIpc) is 3.70. The van der Waals surface area contributed by atoms with Gasteiger partial charge in [0.05, 0.1) is 13.2 Å². The quantitative estimate of drug-likeness (QED) is 0.121. The molecule has 2 aliphatic rings. The van der Waals surface area contributed by atoms with Gasteiger partial charge in [0.2, 0.25) is 17.6 Å². The number of aromatic amines is 1. The predicted octanol–water partition coefficient (Wildman–Crippen LogP) is 4.61. The number of nitrogens with one attached hydrogen (secondary N) is 3. The lowest BCUT2D eigenvalue weighted by Gasteiger charge is -2.28. The molecule has 0 unspecified atom stereocenters. The van der Waals surface area contributed by atoms with Gasteiger partial charge in [-0.2, -0.15) is 22.7 Å². The Bertz CT molecular complexity index is 1910. The lowest BCUT2D eigenvalue weighted by Crippen LogP contribution is -2.48. The number of aliphatic carboxylic acids is 1. The molecule has 1 saturated heterocycles. The first kappa shape index (κ1) is 38.3. The predicted molar refractivity (Wildman–Crippen MR) is 190 cm³/mol. The first-order valence-electron chi connectivity index (χ1n) is 17.6. The second kappa shape index (κ2) is 16.3. The Labute approximate surface area is 307 Å². The van der Waals surface area contributed by atoms with Crippen molar-refractivity contribution in [2.75, 3.05) is 43.1 Å². The number of pyridine rings is 1. The van der Waals surface area contributed by atoms with Crippen molar-refractivity contribution < 1.29 is 41.8 Å². The molecular weight excluding hydrogens is 712 g/mol. The minimum absolute atomic E-state index is 0.144. The van der Waals surface area contributed by atoms with Crippen molar-refractivity contribution in [3.8, 4) is 22.5 Å². The van der Waals surface area contributed by atoms with Crippen LogP contribution in [0.1, 0.15) is 37.1 Å². The van der Waals surface area contributed by atoms with Crippen molar-refractivity contribution >= 4 is 29.3 Å². The van der Waals surface area contributed by atoms with Gasteiger partial charge >= 0.3 is 17.8 Å². The van der Waals surface area contributed by atoms with Crippen LogP contribution in [0.25, 0.3) is 22.5 Å². The zero-order valence-electron chi connectivity index (χ0n) is 29.1. The number of hydrogen-bond acceptors (Lipinski definition) is 9. The SMILES string of the molecule is NC[C@H]1CC[C@H](C(=O)N[C@@H](Cc2ccc(-c3ccc(N4CCOCC4)nc3)cc2)C(=O)Nc2ccc(-c3nc(C(F)(F)C(F)(F)C(=O)O)n[nH]3)cc2)CC1. The summed E-state index contributed by atoms with van der Waals surface area (Å²) in [6, 6.07) is 16.3. The van der Waals surface area contributed by atoms with E-state index in [0.717, 1.165) is 48.4 Å². The maximum Gasteiger partial charge on any atom is 0.411 e. The molecule has 2 fully saturated rings. The number of nitrogens with two attached hydrogens (primary N) is 1. The summed E-state index contributed by atoms with van der Waals surface area (Å²) >= 11 is 0. The minimum Gasteiger partial charge on any atom is -0.477 e. The van der Waals surface area contributed by atoms with Crippen molar-refractivity contribution in [2.24, 2.45) is 17.6 Å². The third-order valence-corrected chi connectivity index (χ3v) is 9.85. The largest absolute Gasteiger partial charge is 0.477 e. The Morgan fingerprint density at radius 1 is 0.926 bits per heavy atom. The van der Waals surface area contributed by atoms with Gasteiger partial charge in [0.1, 0.15) is 11.9 Å². The molecule has 0 radical (unpaired) electrons. The number of carboxylic acids is 1. The highest BCUT2D eigenvalue weighted by atomic mass is 19.3. The minimum atomic E-state index is -5.44. The molecule has 2 amide bonds. The van der Waals surface area contributed by atoms with Gasteiger partial charge in [-0.05, 0) is 85.7 Å². The topological polar surface area (TPSA) is 188 Å². The van der Waals surface area contributed by atoms with Crippen molar-refractivity contribution in [1.29, 1.82) is 0 Å². The molecule has 2 aromatic heterocycles. The normalized spacial score (nSPS) is 18.5. The fraction of sp³-hybridized carbons (Fsp3) is 0.405. The molecule has 54 heavy (non-hydrogen) atoms. The van der Waals surface area contributed by atoms with Gasteiger partial charge in [0, 0.05) is 48.4 Å². The standard InChI is InChI=1S/C37H40F4N8O5/c38-36(39,37(40,41)35(52)53)34-46-31(47-48-34)25-9-12-28(13-10-25)44-33(51)29(45-32(50)26-7-3-23(20-42)4-8-26)19-22-1-5-24(6-2-22)27-11-14-30(43-21-27)49-15-17-54-18-16-49/h1-2,5-6,9-14,21,23,26,29H,3-4,7-8,15-20,42H2,(H,44,51)(H,45,50)(H,52,53)(H,46,47,48)/t23-,26-,29-/m0/s1. The molecular formula is C37H40F4N8O5. The van der Waals surface area contributed by atoms with E-state index in [-0.39, 0.29) is 35.3 Å². The number of nitrogens with zero attached hydrogens (tertiary/aromatic N) is 4. The summed E-state index contributed by atoms with van der Waals surface area (Å²) in [5.74, 6) is -15.4. The molecule has 6 rings (SSSR count). The number of H-pyrrole nitrogens is 1. The van der Waals surface area contributed by atoms with Gasteiger partial charge in [-0.1, -0.05) is 24.3 Å². The number of benzene rings is 2. The second-order valence-corrected chi connectivity index (χ2v) is 13.4. The molecule has 2 aromatic carbocycles. The van der Waals surface area contributed by atoms with Crippen molar-refractivity contribution in [3.05, 3.63) is 78.2 Å². The number of carbonyl (C=O) groups excluding carboxylic acids is 2. The van der Waals surface area contributed by atoms with E-state index in [9.17, 15) is 31.9 Å². The van der Waals surface area contributed by atoms with E-state index in [1.54, 1.807) is 0 Å². The van der Waals surface area contributed by atoms with Crippen LogP contribution in [0.3, 0.4) is 0 Å². The second-order valence-electron chi connectivity index (χ2n) is 13.4. The number of rotatable bonds is 13. The smallest absolute Gasteiger partial charge is 0.411 e. The molecule has 1 saturated carbocycles. The first-order valence-corrected chi connectivity index (χ1v) is 17.6. The maximum absolute atomic E-state index is 14.2. The number of aromatic nitrogens is 4. The van der Waals surface area contributed by atoms with E-state index < -0.39 is 35.6 Å². The lowest BCUT2D eigenvalue weighted by molar-refractivity contribution is -0.231. The summed E-state index contributed by atoms with van der Waals surface area (Å²) in [5.41, 5.74) is 8.91. The van der Waals surface area contributed by atoms with Crippen LogP contribution >= 0.6 is 0 Å². The van der Waals surface area contributed by atoms with E-state index in [0.29, 0.717) is 38.5 Å². The number of alkyl halides is 4. The van der Waals surface area contributed by atoms with Gasteiger partial charge in [-0.15, -0.1) is 0 Å². The molecule has 1 atom stereocenters. The number of halogens is 4. The summed E-state index contributed by atoms with van der Waals surface area (Å²) in [4.78, 5) is 48.0. The van der Waals surface area contributed by atoms with E-state index in [1.165, 1.54) is 24.3 Å². The maximum atomic E-state index is 14.2. The number of morpholine rings is 1. The number of carboxylic acid groups (broad SMARTS) is 1. The summed E-state index contributed by atoms with van der Waals surface area (Å²) in [6.07, 6.45) is 4.98. The molecule has 0 bridgehead atoms. The van der Waals surface area contributed by atoms with Crippen molar-refractivity contribution in [2.45, 2.75) is 50.0 Å². The number of carbonyl (C=O) groups is 3. The summed E-state index contributed by atoms with van der Waals surface area (Å²) in [6.45, 7) is 3.45.